The SMILES string of the molecule is O=C1CCCC(C(=O)OCc2ccccc2)(n2cnc3ccc(F)cc3c2=O)C(=O)N1. The molecule has 2 heterocycles. The molecule has 1 saturated heterocycles. The Bertz CT molecular complexity index is 1240. The van der Waals surface area contributed by atoms with E-state index < -0.39 is 34.7 Å². The molecule has 1 N–H and O–H groups in total. The van der Waals surface area contributed by atoms with Crippen LogP contribution in [-0.2, 0) is 31.3 Å². The number of carbonyl (C=O) groups is 3. The molecule has 9 heteroatoms. The highest BCUT2D eigenvalue weighted by molar-refractivity contribution is 6.11. The van der Waals surface area contributed by atoms with Gasteiger partial charge in [-0.2, -0.15) is 0 Å². The van der Waals surface area contributed by atoms with Gasteiger partial charge in [-0.05, 0) is 36.6 Å². The maximum absolute atomic E-state index is 13.8. The second-order valence-corrected chi connectivity index (χ2v) is 7.23. The van der Waals surface area contributed by atoms with Gasteiger partial charge in [-0.3, -0.25) is 24.3 Å². The molecule has 1 atom stereocenters. The minimum Gasteiger partial charge on any atom is -0.459 e. The van der Waals surface area contributed by atoms with Gasteiger partial charge < -0.3 is 4.74 Å². The van der Waals surface area contributed by atoms with Crippen molar-refractivity contribution in [2.45, 2.75) is 31.4 Å². The van der Waals surface area contributed by atoms with E-state index in [4.69, 9.17) is 4.74 Å². The molecule has 2 aromatic carbocycles. The molecule has 3 aromatic rings. The number of benzene rings is 2. The summed E-state index contributed by atoms with van der Waals surface area (Å²) in [5.74, 6) is -3.20. The molecule has 4 rings (SSSR count). The highest BCUT2D eigenvalue weighted by Gasteiger charge is 2.51. The summed E-state index contributed by atoms with van der Waals surface area (Å²) in [7, 11) is 0. The van der Waals surface area contributed by atoms with Crippen LogP contribution in [0.2, 0.25) is 0 Å². The topological polar surface area (TPSA) is 107 Å². The Morgan fingerprint density at radius 2 is 1.94 bits per heavy atom. The summed E-state index contributed by atoms with van der Waals surface area (Å²) in [6.45, 7) is -0.132. The van der Waals surface area contributed by atoms with Crippen molar-refractivity contribution < 1.29 is 23.5 Å². The third-order valence-corrected chi connectivity index (χ3v) is 5.25. The largest absolute Gasteiger partial charge is 0.459 e. The van der Waals surface area contributed by atoms with Crippen molar-refractivity contribution >= 4 is 28.7 Å². The normalized spacial score (nSPS) is 19.0. The molecule has 0 saturated carbocycles. The first-order valence-corrected chi connectivity index (χ1v) is 9.64. The number of carbonyl (C=O) groups excluding carboxylic acids is 3. The molecule has 1 aromatic heterocycles. The van der Waals surface area contributed by atoms with Crippen molar-refractivity contribution in [2.75, 3.05) is 0 Å². The van der Waals surface area contributed by atoms with E-state index in [9.17, 15) is 23.6 Å². The van der Waals surface area contributed by atoms with Crippen LogP contribution in [0.4, 0.5) is 4.39 Å². The van der Waals surface area contributed by atoms with E-state index >= 15 is 0 Å². The molecule has 1 aliphatic heterocycles. The molecule has 0 spiro atoms. The lowest BCUT2D eigenvalue weighted by Crippen LogP contribution is -2.58. The summed E-state index contributed by atoms with van der Waals surface area (Å²) in [6, 6.07) is 12.3. The standard InChI is InChI=1S/C22H18FN3O5/c23-15-8-9-17-16(11-15)19(28)26(13-24-17)22(10-4-7-18(27)25-20(22)29)21(30)31-12-14-5-2-1-3-6-14/h1-3,5-6,8-9,11,13H,4,7,10,12H2,(H,25,27,29). The van der Waals surface area contributed by atoms with Gasteiger partial charge >= 0.3 is 5.97 Å². The summed E-state index contributed by atoms with van der Waals surface area (Å²) in [4.78, 5) is 55.5. The Morgan fingerprint density at radius 1 is 1.16 bits per heavy atom. The van der Waals surface area contributed by atoms with Crippen molar-refractivity contribution in [1.82, 2.24) is 14.9 Å². The van der Waals surface area contributed by atoms with E-state index in [1.807, 2.05) is 0 Å². The van der Waals surface area contributed by atoms with E-state index in [2.05, 4.69) is 10.3 Å². The Balaban J connectivity index is 1.83. The van der Waals surface area contributed by atoms with Crippen LogP contribution in [0.5, 0.6) is 0 Å². The average molecular weight is 423 g/mol. The fraction of sp³-hybridized carbons (Fsp3) is 0.227. The number of esters is 1. The summed E-state index contributed by atoms with van der Waals surface area (Å²) in [5.41, 5.74) is -2.04. The second kappa shape index (κ2) is 8.10. The Labute approximate surface area is 175 Å². The molecule has 31 heavy (non-hydrogen) atoms. The summed E-state index contributed by atoms with van der Waals surface area (Å²) >= 11 is 0. The van der Waals surface area contributed by atoms with Crippen LogP contribution in [-0.4, -0.2) is 27.3 Å². The molecule has 1 unspecified atom stereocenters. The lowest BCUT2D eigenvalue weighted by atomic mass is 9.91. The van der Waals surface area contributed by atoms with E-state index in [0.29, 0.717) is 5.56 Å². The van der Waals surface area contributed by atoms with Gasteiger partial charge in [0.25, 0.3) is 11.5 Å². The predicted octanol–water partition coefficient (Wildman–Crippen LogP) is 1.80. The van der Waals surface area contributed by atoms with Gasteiger partial charge in [-0.15, -0.1) is 0 Å². The van der Waals surface area contributed by atoms with Gasteiger partial charge in [0.1, 0.15) is 12.4 Å². The van der Waals surface area contributed by atoms with Crippen molar-refractivity contribution in [3.8, 4) is 0 Å². The number of aromatic nitrogens is 2. The zero-order valence-corrected chi connectivity index (χ0v) is 16.3. The number of nitrogens with one attached hydrogen (secondary N) is 1. The first-order valence-electron chi connectivity index (χ1n) is 9.64. The number of fused-ring (bicyclic) bond motifs is 1. The zero-order valence-electron chi connectivity index (χ0n) is 16.3. The average Bonchev–Trinajstić information content (AvgIpc) is 2.91. The lowest BCUT2D eigenvalue weighted by molar-refractivity contribution is -0.161. The summed E-state index contributed by atoms with van der Waals surface area (Å²) in [5, 5.41) is 2.06. The first kappa shape index (κ1) is 20.4. The third-order valence-electron chi connectivity index (χ3n) is 5.25. The van der Waals surface area contributed by atoms with Crippen LogP contribution < -0.4 is 10.9 Å². The molecule has 1 fully saturated rings. The van der Waals surface area contributed by atoms with E-state index in [0.717, 1.165) is 23.0 Å². The Kier molecular flexibility index (Phi) is 5.33. The monoisotopic (exact) mass is 423 g/mol. The van der Waals surface area contributed by atoms with Gasteiger partial charge in [-0.1, -0.05) is 30.3 Å². The van der Waals surface area contributed by atoms with Crippen LogP contribution in [0, 0.1) is 5.82 Å². The smallest absolute Gasteiger partial charge is 0.342 e. The fourth-order valence-electron chi connectivity index (χ4n) is 3.64. The third kappa shape index (κ3) is 3.70. The Morgan fingerprint density at radius 3 is 2.71 bits per heavy atom. The number of ether oxygens (including phenoxy) is 1. The van der Waals surface area contributed by atoms with E-state index in [-0.39, 0.29) is 36.8 Å². The number of imide groups is 1. The van der Waals surface area contributed by atoms with E-state index in [1.54, 1.807) is 30.3 Å². The molecule has 0 aliphatic carbocycles. The second-order valence-electron chi connectivity index (χ2n) is 7.23. The highest BCUT2D eigenvalue weighted by atomic mass is 19.1. The van der Waals surface area contributed by atoms with Crippen LogP contribution in [0.1, 0.15) is 24.8 Å². The molecular formula is C22H18FN3O5. The molecule has 2 amide bonds. The van der Waals surface area contributed by atoms with E-state index in [1.165, 1.54) is 6.07 Å². The minimum absolute atomic E-state index is 0.00381. The highest BCUT2D eigenvalue weighted by Crippen LogP contribution is 2.28. The van der Waals surface area contributed by atoms with Gasteiger partial charge in [0, 0.05) is 6.42 Å². The minimum atomic E-state index is -2.15. The maximum atomic E-state index is 13.8. The molecule has 158 valence electrons. The van der Waals surface area contributed by atoms with Gasteiger partial charge in [0.2, 0.25) is 11.4 Å². The number of amides is 2. The fourth-order valence-corrected chi connectivity index (χ4v) is 3.64. The van der Waals surface area contributed by atoms with Crippen molar-refractivity contribution in [3.63, 3.8) is 0 Å². The quantitative estimate of drug-likeness (QED) is 0.390. The molecule has 0 bridgehead atoms. The lowest BCUT2D eigenvalue weighted by Gasteiger charge is -2.30. The summed E-state index contributed by atoms with van der Waals surface area (Å²) in [6.07, 6.45) is 1.07. The van der Waals surface area contributed by atoms with Crippen LogP contribution >= 0.6 is 0 Å². The van der Waals surface area contributed by atoms with Crippen LogP contribution in [0.25, 0.3) is 10.9 Å². The Hall–Kier alpha value is -3.88. The molecular weight excluding hydrogens is 405 g/mol. The van der Waals surface area contributed by atoms with Gasteiger partial charge in [0.05, 0.1) is 17.2 Å². The van der Waals surface area contributed by atoms with Gasteiger partial charge in [0.15, 0.2) is 0 Å². The number of rotatable bonds is 4. The number of nitrogens with zero attached hydrogens (tertiary/aromatic N) is 2. The maximum Gasteiger partial charge on any atom is 0.342 e. The van der Waals surface area contributed by atoms with Crippen LogP contribution in [0.3, 0.4) is 0 Å². The van der Waals surface area contributed by atoms with Crippen LogP contribution in [0.15, 0.2) is 59.7 Å². The first-order chi connectivity index (χ1) is 14.9. The number of hydrogen-bond donors (Lipinski definition) is 1. The van der Waals surface area contributed by atoms with Crippen molar-refractivity contribution in [2.24, 2.45) is 0 Å². The number of hydrogen-bond acceptors (Lipinski definition) is 6. The summed E-state index contributed by atoms with van der Waals surface area (Å²) < 4.78 is 20.0. The molecule has 1 aliphatic rings. The zero-order chi connectivity index (χ0) is 22.0. The molecule has 0 radical (unpaired) electrons. The molecule has 8 nitrogen and oxygen atoms in total. The number of halogens is 1. The van der Waals surface area contributed by atoms with Crippen molar-refractivity contribution in [1.29, 1.82) is 0 Å². The van der Waals surface area contributed by atoms with Gasteiger partial charge in [-0.25, -0.2) is 14.2 Å². The van der Waals surface area contributed by atoms with Crippen molar-refractivity contribution in [3.05, 3.63) is 76.6 Å². The predicted molar refractivity (Wildman–Crippen MR) is 107 cm³/mol.